The number of carbonyl (C=O) groups excluding carboxylic acids is 1. The number of unbranched alkanes of at least 4 members (excludes halogenated alkanes) is 1. The van der Waals surface area contributed by atoms with Gasteiger partial charge < -0.3 is 10.6 Å². The van der Waals surface area contributed by atoms with E-state index in [9.17, 15) is 14.4 Å². The molecule has 1 aliphatic carbocycles. The molecule has 0 unspecified atom stereocenters. The third kappa shape index (κ3) is 6.03. The van der Waals surface area contributed by atoms with E-state index < -0.39 is 11.2 Å². The van der Waals surface area contributed by atoms with Crippen molar-refractivity contribution in [2.75, 3.05) is 22.9 Å². The Morgan fingerprint density at radius 1 is 1.19 bits per heavy atom. The van der Waals surface area contributed by atoms with Gasteiger partial charge in [-0.15, -0.1) is 11.8 Å². The smallest absolute Gasteiger partial charge is 0.330 e. The lowest BCUT2D eigenvalue weighted by Gasteiger charge is -2.26. The molecule has 2 aromatic rings. The highest BCUT2D eigenvalue weighted by molar-refractivity contribution is 8.00. The van der Waals surface area contributed by atoms with Crippen LogP contribution in [0.2, 0.25) is 0 Å². The molecule has 168 valence electrons. The molecule has 1 aliphatic rings. The average Bonchev–Trinajstić information content (AvgIpc) is 2.78. The van der Waals surface area contributed by atoms with Gasteiger partial charge in [0, 0.05) is 11.8 Å². The molecular weight excluding hydrogens is 412 g/mol. The SMILES string of the molecule is CCCCN(C(=O)CSC1CCCCC1)c1c(N)n(Cc2ccccc2)c(=O)[nH]c1=O. The Kier molecular flexibility index (Phi) is 8.40. The van der Waals surface area contributed by atoms with E-state index >= 15 is 0 Å². The van der Waals surface area contributed by atoms with Crippen LogP contribution in [0.15, 0.2) is 39.9 Å². The number of rotatable bonds is 9. The lowest BCUT2D eigenvalue weighted by atomic mass is 10.0. The second-order valence-corrected chi connectivity index (χ2v) is 9.32. The number of nitrogens with two attached hydrogens (primary N) is 1. The van der Waals surface area contributed by atoms with Gasteiger partial charge >= 0.3 is 5.69 Å². The van der Waals surface area contributed by atoms with E-state index in [1.54, 1.807) is 11.8 Å². The molecule has 1 saturated carbocycles. The highest BCUT2D eigenvalue weighted by atomic mass is 32.2. The molecule has 1 fully saturated rings. The summed E-state index contributed by atoms with van der Waals surface area (Å²) in [5.41, 5.74) is 6.10. The summed E-state index contributed by atoms with van der Waals surface area (Å²) in [5, 5.41) is 0.494. The minimum atomic E-state index is -0.612. The van der Waals surface area contributed by atoms with Gasteiger partial charge in [0.1, 0.15) is 5.82 Å². The minimum Gasteiger partial charge on any atom is -0.383 e. The molecule has 8 heteroatoms. The van der Waals surface area contributed by atoms with Gasteiger partial charge in [-0.1, -0.05) is 62.9 Å². The predicted octanol–water partition coefficient (Wildman–Crippen LogP) is 3.37. The number of anilines is 2. The molecule has 7 nitrogen and oxygen atoms in total. The molecule has 31 heavy (non-hydrogen) atoms. The zero-order valence-electron chi connectivity index (χ0n) is 18.1. The summed E-state index contributed by atoms with van der Waals surface area (Å²) in [5.74, 6) is 0.210. The number of aromatic nitrogens is 2. The molecule has 0 radical (unpaired) electrons. The maximum atomic E-state index is 13.2. The van der Waals surface area contributed by atoms with Crippen LogP contribution in [0.4, 0.5) is 11.5 Å². The molecular formula is C23H32N4O3S. The molecule has 0 spiro atoms. The number of H-pyrrole nitrogens is 1. The van der Waals surface area contributed by atoms with Crippen molar-refractivity contribution in [2.45, 2.75) is 63.7 Å². The third-order valence-corrected chi connectivity index (χ3v) is 7.06. The summed E-state index contributed by atoms with van der Waals surface area (Å²) in [4.78, 5) is 42.2. The van der Waals surface area contributed by atoms with E-state index in [-0.39, 0.29) is 24.0 Å². The van der Waals surface area contributed by atoms with Crippen LogP contribution in [-0.2, 0) is 11.3 Å². The Morgan fingerprint density at radius 2 is 1.90 bits per heavy atom. The Hall–Kier alpha value is -2.48. The van der Waals surface area contributed by atoms with E-state index in [2.05, 4.69) is 4.98 Å². The number of carbonyl (C=O) groups is 1. The summed E-state index contributed by atoms with van der Waals surface area (Å²) in [6.07, 6.45) is 7.58. The molecule has 0 atom stereocenters. The Labute approximate surface area is 187 Å². The molecule has 1 aromatic carbocycles. The number of amides is 1. The quantitative estimate of drug-likeness (QED) is 0.618. The van der Waals surface area contributed by atoms with Crippen molar-refractivity contribution in [3.05, 3.63) is 56.7 Å². The van der Waals surface area contributed by atoms with Gasteiger partial charge in [0.25, 0.3) is 5.56 Å². The zero-order chi connectivity index (χ0) is 22.2. The summed E-state index contributed by atoms with van der Waals surface area (Å²) in [7, 11) is 0. The maximum Gasteiger partial charge on any atom is 0.330 e. The second-order valence-electron chi connectivity index (χ2n) is 8.03. The first-order valence-corrected chi connectivity index (χ1v) is 12.1. The summed E-state index contributed by atoms with van der Waals surface area (Å²) >= 11 is 1.67. The zero-order valence-corrected chi connectivity index (χ0v) is 19.0. The van der Waals surface area contributed by atoms with Crippen molar-refractivity contribution in [2.24, 2.45) is 0 Å². The fourth-order valence-corrected chi connectivity index (χ4v) is 5.14. The monoisotopic (exact) mass is 444 g/mol. The Morgan fingerprint density at radius 3 is 2.58 bits per heavy atom. The number of thioether (sulfide) groups is 1. The molecule has 3 N–H and O–H groups in total. The maximum absolute atomic E-state index is 13.2. The normalized spacial score (nSPS) is 14.5. The van der Waals surface area contributed by atoms with Crippen molar-refractivity contribution in [3.8, 4) is 0 Å². The minimum absolute atomic E-state index is 0.0322. The van der Waals surface area contributed by atoms with Gasteiger partial charge in [-0.05, 0) is 24.8 Å². The van der Waals surface area contributed by atoms with Gasteiger partial charge in [0.2, 0.25) is 5.91 Å². The molecule has 0 aliphatic heterocycles. The largest absolute Gasteiger partial charge is 0.383 e. The van der Waals surface area contributed by atoms with Crippen LogP contribution in [-0.4, -0.2) is 33.0 Å². The van der Waals surface area contributed by atoms with Gasteiger partial charge in [0.15, 0.2) is 5.69 Å². The number of hydrogen-bond donors (Lipinski definition) is 2. The van der Waals surface area contributed by atoms with Crippen LogP contribution in [0.1, 0.15) is 57.4 Å². The van der Waals surface area contributed by atoms with Crippen molar-refractivity contribution in [1.82, 2.24) is 9.55 Å². The number of aromatic amines is 1. The predicted molar refractivity (Wildman–Crippen MR) is 128 cm³/mol. The number of nitrogens with one attached hydrogen (secondary N) is 1. The van der Waals surface area contributed by atoms with Gasteiger partial charge in [-0.25, -0.2) is 4.79 Å². The molecule has 1 heterocycles. The van der Waals surface area contributed by atoms with E-state index in [0.29, 0.717) is 17.5 Å². The van der Waals surface area contributed by atoms with Gasteiger partial charge in [0.05, 0.1) is 12.3 Å². The fourth-order valence-electron chi connectivity index (χ4n) is 3.94. The van der Waals surface area contributed by atoms with Crippen molar-refractivity contribution in [3.63, 3.8) is 0 Å². The van der Waals surface area contributed by atoms with E-state index in [0.717, 1.165) is 31.2 Å². The summed E-state index contributed by atoms with van der Waals surface area (Å²) in [6.45, 7) is 2.66. The molecule has 0 saturated heterocycles. The number of benzene rings is 1. The molecule has 0 bridgehead atoms. The van der Waals surface area contributed by atoms with E-state index in [4.69, 9.17) is 5.73 Å². The summed E-state index contributed by atoms with van der Waals surface area (Å²) in [6, 6.07) is 9.42. The first-order valence-electron chi connectivity index (χ1n) is 11.1. The Bertz CT molecular complexity index is 981. The Balaban J connectivity index is 1.88. The van der Waals surface area contributed by atoms with Crippen molar-refractivity contribution in [1.29, 1.82) is 0 Å². The van der Waals surface area contributed by atoms with Gasteiger partial charge in [-0.3, -0.25) is 19.1 Å². The number of nitrogens with zero attached hydrogens (tertiary/aromatic N) is 2. The van der Waals surface area contributed by atoms with Crippen LogP contribution < -0.4 is 21.9 Å². The average molecular weight is 445 g/mol. The second kappa shape index (κ2) is 11.2. The fraction of sp³-hybridized carbons (Fsp3) is 0.522. The van der Waals surface area contributed by atoms with Crippen LogP contribution in [0.3, 0.4) is 0 Å². The lowest BCUT2D eigenvalue weighted by molar-refractivity contribution is -0.116. The molecule has 1 aromatic heterocycles. The summed E-state index contributed by atoms with van der Waals surface area (Å²) < 4.78 is 1.33. The van der Waals surface area contributed by atoms with Crippen molar-refractivity contribution >= 4 is 29.2 Å². The molecule has 1 amide bonds. The highest BCUT2D eigenvalue weighted by Gasteiger charge is 2.25. The van der Waals surface area contributed by atoms with E-state index in [1.807, 2.05) is 37.3 Å². The van der Waals surface area contributed by atoms with Crippen LogP contribution >= 0.6 is 11.8 Å². The highest BCUT2D eigenvalue weighted by Crippen LogP contribution is 2.29. The van der Waals surface area contributed by atoms with Crippen molar-refractivity contribution < 1.29 is 4.79 Å². The first kappa shape index (κ1) is 23.2. The van der Waals surface area contributed by atoms with Crippen LogP contribution in [0, 0.1) is 0 Å². The van der Waals surface area contributed by atoms with E-state index in [1.165, 1.54) is 28.7 Å². The third-order valence-electron chi connectivity index (χ3n) is 5.70. The topological polar surface area (TPSA) is 101 Å². The number of nitrogen functional groups attached to an aromatic ring is 1. The lowest BCUT2D eigenvalue weighted by Crippen LogP contribution is -2.42. The van der Waals surface area contributed by atoms with Crippen LogP contribution in [0.25, 0.3) is 0 Å². The number of hydrogen-bond acceptors (Lipinski definition) is 5. The van der Waals surface area contributed by atoms with Gasteiger partial charge in [-0.2, -0.15) is 0 Å². The van der Waals surface area contributed by atoms with Crippen LogP contribution in [0.5, 0.6) is 0 Å². The standard InChI is InChI=1S/C23H32N4O3S/c1-2-3-14-26(19(28)16-31-18-12-8-5-9-13-18)20-21(24)27(23(30)25-22(20)29)15-17-10-6-4-7-11-17/h4,6-7,10-11,18H,2-3,5,8-9,12-16,24H2,1H3,(H,25,29,30). The molecule has 3 rings (SSSR count). The first-order chi connectivity index (χ1) is 15.0.